The standard InChI is InChI=1S/C15H24O4/c1-9(2)15(19)11(16)7-10(3)14(15)6-5-13(4,18)12(17)8-14/h9-10,18-19H,5-8H2,1-4H3/t10-,13-,14-,15-/m0/s1. The summed E-state index contributed by atoms with van der Waals surface area (Å²) in [4.78, 5) is 24.4. The molecular weight excluding hydrogens is 244 g/mol. The Kier molecular flexibility index (Phi) is 3.18. The quantitative estimate of drug-likeness (QED) is 0.755. The lowest BCUT2D eigenvalue weighted by Gasteiger charge is -2.50. The first kappa shape index (κ1) is 14.7. The normalized spacial score (nSPS) is 47.4. The van der Waals surface area contributed by atoms with Crippen LogP contribution in [0.2, 0.25) is 0 Å². The van der Waals surface area contributed by atoms with Gasteiger partial charge in [0.1, 0.15) is 11.2 Å². The molecule has 2 aliphatic rings. The van der Waals surface area contributed by atoms with Crippen LogP contribution >= 0.6 is 0 Å². The van der Waals surface area contributed by atoms with E-state index in [0.717, 1.165) is 0 Å². The summed E-state index contributed by atoms with van der Waals surface area (Å²) in [7, 11) is 0. The van der Waals surface area contributed by atoms with E-state index >= 15 is 0 Å². The third-order valence-electron chi connectivity index (χ3n) is 5.59. The number of hydrogen-bond acceptors (Lipinski definition) is 4. The molecule has 0 aromatic heterocycles. The summed E-state index contributed by atoms with van der Waals surface area (Å²) >= 11 is 0. The van der Waals surface area contributed by atoms with Gasteiger partial charge in [-0.05, 0) is 31.6 Å². The van der Waals surface area contributed by atoms with E-state index in [2.05, 4.69) is 0 Å². The highest BCUT2D eigenvalue weighted by molar-refractivity contribution is 5.95. The zero-order valence-corrected chi connectivity index (χ0v) is 12.2. The van der Waals surface area contributed by atoms with Crippen LogP contribution in [0.4, 0.5) is 0 Å². The van der Waals surface area contributed by atoms with Crippen molar-refractivity contribution in [2.24, 2.45) is 17.3 Å². The van der Waals surface area contributed by atoms with Crippen LogP contribution in [0.15, 0.2) is 0 Å². The molecule has 0 aliphatic heterocycles. The molecule has 4 heteroatoms. The van der Waals surface area contributed by atoms with Crippen molar-refractivity contribution in [3.05, 3.63) is 0 Å². The van der Waals surface area contributed by atoms with Gasteiger partial charge in [-0.1, -0.05) is 20.8 Å². The fraction of sp³-hybridized carbons (Fsp3) is 0.867. The van der Waals surface area contributed by atoms with Gasteiger partial charge >= 0.3 is 0 Å². The number of ketones is 2. The molecule has 0 aromatic carbocycles. The predicted octanol–water partition coefficient (Wildman–Crippen LogP) is 1.47. The molecule has 0 aromatic rings. The molecule has 0 saturated heterocycles. The average molecular weight is 268 g/mol. The molecule has 2 saturated carbocycles. The summed E-state index contributed by atoms with van der Waals surface area (Å²) < 4.78 is 0. The van der Waals surface area contributed by atoms with E-state index in [-0.39, 0.29) is 29.8 Å². The van der Waals surface area contributed by atoms with Gasteiger partial charge in [-0.15, -0.1) is 0 Å². The minimum atomic E-state index is -1.43. The maximum atomic E-state index is 12.3. The summed E-state index contributed by atoms with van der Waals surface area (Å²) in [6.07, 6.45) is 1.26. The first-order valence-electron chi connectivity index (χ1n) is 7.09. The Morgan fingerprint density at radius 3 is 2.21 bits per heavy atom. The zero-order chi connectivity index (χ0) is 14.6. The number of aliphatic hydroxyl groups is 2. The van der Waals surface area contributed by atoms with Crippen molar-refractivity contribution in [2.45, 2.75) is 64.6 Å². The van der Waals surface area contributed by atoms with Gasteiger partial charge in [0, 0.05) is 18.3 Å². The van der Waals surface area contributed by atoms with Crippen molar-refractivity contribution in [3.63, 3.8) is 0 Å². The van der Waals surface area contributed by atoms with Crippen molar-refractivity contribution < 1.29 is 19.8 Å². The molecule has 2 N–H and O–H groups in total. The topological polar surface area (TPSA) is 74.6 Å². The van der Waals surface area contributed by atoms with Gasteiger partial charge in [0.25, 0.3) is 0 Å². The molecule has 2 aliphatic carbocycles. The van der Waals surface area contributed by atoms with Crippen LogP contribution in [0, 0.1) is 17.3 Å². The molecule has 0 bridgehead atoms. The second-order valence-corrected chi connectivity index (χ2v) is 6.98. The summed E-state index contributed by atoms with van der Waals surface area (Å²) in [6, 6.07) is 0. The van der Waals surface area contributed by atoms with Gasteiger partial charge in [-0.25, -0.2) is 0 Å². The number of rotatable bonds is 1. The molecule has 1 spiro atoms. The molecule has 2 fully saturated rings. The second-order valence-electron chi connectivity index (χ2n) is 6.98. The number of Topliss-reactive ketones (excluding diaryl/α,β-unsaturated/α-hetero) is 2. The lowest BCUT2D eigenvalue weighted by atomic mass is 9.56. The van der Waals surface area contributed by atoms with E-state index in [1.54, 1.807) is 0 Å². The van der Waals surface area contributed by atoms with Gasteiger partial charge in [-0.2, -0.15) is 0 Å². The van der Waals surface area contributed by atoms with E-state index in [9.17, 15) is 19.8 Å². The minimum Gasteiger partial charge on any atom is -0.382 e. The van der Waals surface area contributed by atoms with E-state index in [1.165, 1.54) is 6.92 Å². The van der Waals surface area contributed by atoms with Crippen molar-refractivity contribution in [2.75, 3.05) is 0 Å². The lowest BCUT2D eigenvalue weighted by molar-refractivity contribution is -0.174. The summed E-state index contributed by atoms with van der Waals surface area (Å²) in [5, 5.41) is 21.0. The van der Waals surface area contributed by atoms with Gasteiger partial charge in [-0.3, -0.25) is 9.59 Å². The number of hydrogen-bond donors (Lipinski definition) is 2. The Hall–Kier alpha value is -0.740. The summed E-state index contributed by atoms with van der Waals surface area (Å²) in [5.41, 5.74) is -3.44. The smallest absolute Gasteiger partial charge is 0.165 e. The third-order valence-corrected chi connectivity index (χ3v) is 5.59. The van der Waals surface area contributed by atoms with Crippen molar-refractivity contribution in [1.29, 1.82) is 0 Å². The predicted molar refractivity (Wildman–Crippen MR) is 70.5 cm³/mol. The highest BCUT2D eigenvalue weighted by Gasteiger charge is 2.66. The molecule has 19 heavy (non-hydrogen) atoms. The SMILES string of the molecule is CC(C)[C@]1(O)C(=O)C[C@H](C)[C@@]12CC[C@](C)(O)C(=O)C2. The Bertz CT molecular complexity index is 426. The van der Waals surface area contributed by atoms with Crippen LogP contribution in [0.25, 0.3) is 0 Å². The first-order valence-corrected chi connectivity index (χ1v) is 7.09. The Morgan fingerprint density at radius 2 is 1.74 bits per heavy atom. The van der Waals surface area contributed by atoms with Crippen LogP contribution < -0.4 is 0 Å². The third kappa shape index (κ3) is 1.73. The van der Waals surface area contributed by atoms with Crippen LogP contribution in [0.5, 0.6) is 0 Å². The molecule has 108 valence electrons. The maximum Gasteiger partial charge on any atom is 0.165 e. The van der Waals surface area contributed by atoms with Gasteiger partial charge in [0.05, 0.1) is 0 Å². The number of carbonyl (C=O) groups excluding carboxylic acids is 2. The van der Waals surface area contributed by atoms with Crippen LogP contribution in [-0.2, 0) is 9.59 Å². The maximum absolute atomic E-state index is 12.3. The Balaban J connectivity index is 2.47. The van der Waals surface area contributed by atoms with Crippen molar-refractivity contribution >= 4 is 11.6 Å². The van der Waals surface area contributed by atoms with Crippen LogP contribution in [0.3, 0.4) is 0 Å². The highest BCUT2D eigenvalue weighted by atomic mass is 16.3. The second kappa shape index (κ2) is 4.13. The molecule has 4 nitrogen and oxygen atoms in total. The van der Waals surface area contributed by atoms with E-state index in [0.29, 0.717) is 19.3 Å². The van der Waals surface area contributed by atoms with Crippen LogP contribution in [0.1, 0.15) is 53.4 Å². The largest absolute Gasteiger partial charge is 0.382 e. The molecule has 2 rings (SSSR count). The Labute approximate surface area is 114 Å². The fourth-order valence-electron chi connectivity index (χ4n) is 4.10. The Morgan fingerprint density at radius 1 is 1.16 bits per heavy atom. The van der Waals surface area contributed by atoms with E-state index in [1.807, 2.05) is 20.8 Å². The molecule has 0 heterocycles. The zero-order valence-electron chi connectivity index (χ0n) is 12.2. The summed E-state index contributed by atoms with van der Waals surface area (Å²) in [6.45, 7) is 7.12. The molecule has 0 unspecified atom stereocenters. The highest BCUT2D eigenvalue weighted by Crippen LogP contribution is 2.59. The molecular formula is C15H24O4. The molecule has 0 radical (unpaired) electrons. The summed E-state index contributed by atoms with van der Waals surface area (Å²) in [5.74, 6) is -0.642. The van der Waals surface area contributed by atoms with Crippen LogP contribution in [-0.4, -0.2) is 33.0 Å². The van der Waals surface area contributed by atoms with Gasteiger partial charge in [0.15, 0.2) is 11.6 Å². The van der Waals surface area contributed by atoms with Crippen molar-refractivity contribution in [1.82, 2.24) is 0 Å². The van der Waals surface area contributed by atoms with Gasteiger partial charge < -0.3 is 10.2 Å². The lowest BCUT2D eigenvalue weighted by Crippen LogP contribution is -2.59. The number of carbonyl (C=O) groups is 2. The average Bonchev–Trinajstić information content (AvgIpc) is 2.47. The monoisotopic (exact) mass is 268 g/mol. The first-order chi connectivity index (χ1) is 8.58. The minimum absolute atomic E-state index is 0.0209. The fourth-order valence-corrected chi connectivity index (χ4v) is 4.10. The van der Waals surface area contributed by atoms with E-state index < -0.39 is 16.6 Å². The van der Waals surface area contributed by atoms with Crippen molar-refractivity contribution in [3.8, 4) is 0 Å². The van der Waals surface area contributed by atoms with Gasteiger partial charge in [0.2, 0.25) is 0 Å². The molecule has 0 amide bonds. The van der Waals surface area contributed by atoms with E-state index in [4.69, 9.17) is 0 Å². The molecule has 4 atom stereocenters.